The van der Waals surface area contributed by atoms with Crippen molar-refractivity contribution in [2.24, 2.45) is 0 Å². The lowest BCUT2D eigenvalue weighted by molar-refractivity contribution is 0.0695. The number of carbonyl (C=O) groups excluding carboxylic acids is 1. The van der Waals surface area contributed by atoms with Crippen molar-refractivity contribution in [1.82, 2.24) is 19.5 Å². The van der Waals surface area contributed by atoms with Gasteiger partial charge in [0.05, 0.1) is 17.0 Å². The van der Waals surface area contributed by atoms with Crippen molar-refractivity contribution in [2.75, 3.05) is 0 Å². The first-order valence-corrected chi connectivity index (χ1v) is 18.0. The minimum absolute atomic E-state index is 0.104. The summed E-state index contributed by atoms with van der Waals surface area (Å²) >= 11 is 0. The van der Waals surface area contributed by atoms with Crippen molar-refractivity contribution in [2.45, 2.75) is 63.8 Å². The Kier molecular flexibility index (Phi) is 9.16. The standard InChI is InChI=1S/C25H20F2N2O2.C19H18N2O/c26-20-8-16(9-21(27)12-20)14-29-6-5-18-7-15(1-4-24(18)29)10-23-22(25(30)31)11-19(13-28-23)17-2-3-17;1-12(22)17-10-16(14-3-4-14)11-21-19(17)9-13-2-5-18-15(8-13)6-7-20-18/h1,4-9,11-13,17H,2-3,10,14H2,(H,30,31);2,5-8,10-11,14,20H,3-4,9H2,1H3. The average Bonchev–Trinajstić information content (AvgIpc) is 4.07. The highest BCUT2D eigenvalue weighted by Gasteiger charge is 2.26. The van der Waals surface area contributed by atoms with E-state index in [2.05, 4.69) is 45.3 Å². The molecule has 2 N–H and O–H groups in total. The second-order valence-electron chi connectivity index (χ2n) is 14.3. The van der Waals surface area contributed by atoms with Crippen molar-refractivity contribution in [3.8, 4) is 0 Å². The van der Waals surface area contributed by atoms with Gasteiger partial charge < -0.3 is 14.7 Å². The molecule has 2 saturated carbocycles. The van der Waals surface area contributed by atoms with Crippen molar-refractivity contribution in [1.29, 1.82) is 0 Å². The molecule has 0 unspecified atom stereocenters. The number of aromatic nitrogens is 4. The van der Waals surface area contributed by atoms with Crippen LogP contribution in [0.15, 0.2) is 104 Å². The van der Waals surface area contributed by atoms with E-state index in [1.54, 1.807) is 19.2 Å². The van der Waals surface area contributed by atoms with E-state index >= 15 is 0 Å². The largest absolute Gasteiger partial charge is 0.478 e. The minimum Gasteiger partial charge on any atom is -0.478 e. The van der Waals surface area contributed by atoms with Crippen LogP contribution in [0.4, 0.5) is 8.78 Å². The maximum absolute atomic E-state index is 13.5. The third-order valence-corrected chi connectivity index (χ3v) is 10.2. The van der Waals surface area contributed by atoms with E-state index in [4.69, 9.17) is 0 Å². The van der Waals surface area contributed by atoms with Gasteiger partial charge in [0.1, 0.15) is 11.6 Å². The van der Waals surface area contributed by atoms with Crippen LogP contribution in [0.5, 0.6) is 0 Å². The number of hydrogen-bond acceptors (Lipinski definition) is 4. The number of nitrogens with zero attached hydrogens (tertiary/aromatic N) is 3. The van der Waals surface area contributed by atoms with Crippen LogP contribution >= 0.6 is 0 Å². The van der Waals surface area contributed by atoms with Crippen LogP contribution in [0.25, 0.3) is 21.8 Å². The third-order valence-electron chi connectivity index (χ3n) is 10.2. The Hall–Kier alpha value is -5.96. The molecule has 0 saturated heterocycles. The van der Waals surface area contributed by atoms with Gasteiger partial charge in [-0.1, -0.05) is 12.1 Å². The second-order valence-corrected chi connectivity index (χ2v) is 14.3. The summed E-state index contributed by atoms with van der Waals surface area (Å²) in [4.78, 5) is 36.0. The number of hydrogen-bond donors (Lipinski definition) is 2. The highest BCUT2D eigenvalue weighted by Crippen LogP contribution is 2.41. The molecule has 0 amide bonds. The zero-order valence-corrected chi connectivity index (χ0v) is 29.3. The number of rotatable bonds is 10. The van der Waals surface area contributed by atoms with Gasteiger partial charge >= 0.3 is 5.97 Å². The fourth-order valence-electron chi connectivity index (χ4n) is 7.07. The van der Waals surface area contributed by atoms with Gasteiger partial charge in [0.25, 0.3) is 0 Å². The number of H-pyrrole nitrogens is 1. The van der Waals surface area contributed by atoms with Crippen LogP contribution in [-0.2, 0) is 19.4 Å². The van der Waals surface area contributed by atoms with Crippen molar-refractivity contribution in [3.05, 3.63) is 166 Å². The van der Waals surface area contributed by atoms with Crippen LogP contribution in [0.2, 0.25) is 0 Å². The predicted octanol–water partition coefficient (Wildman–Crippen LogP) is 9.76. The van der Waals surface area contributed by atoms with E-state index in [9.17, 15) is 23.5 Å². The Morgan fingerprint density at radius 1 is 0.736 bits per heavy atom. The number of Topliss-reactive ketones (excluding diaryl/α,β-unsaturated/α-hetero) is 1. The van der Waals surface area contributed by atoms with Crippen molar-refractivity contribution in [3.63, 3.8) is 0 Å². The molecule has 0 radical (unpaired) electrons. The monoisotopic (exact) mass is 708 g/mol. The molecule has 2 fully saturated rings. The maximum atomic E-state index is 13.5. The minimum atomic E-state index is -0.959. The molecule has 4 heterocycles. The predicted molar refractivity (Wildman–Crippen MR) is 201 cm³/mol. The van der Waals surface area contributed by atoms with E-state index < -0.39 is 17.6 Å². The van der Waals surface area contributed by atoms with Crippen molar-refractivity contribution >= 4 is 33.6 Å². The third kappa shape index (κ3) is 7.79. The average molecular weight is 709 g/mol. The fourth-order valence-corrected chi connectivity index (χ4v) is 7.07. The van der Waals surface area contributed by atoms with Gasteiger partial charge in [-0.15, -0.1) is 0 Å². The summed E-state index contributed by atoms with van der Waals surface area (Å²) in [5.41, 5.74) is 9.43. The molecule has 3 aromatic carbocycles. The van der Waals surface area contributed by atoms with Crippen LogP contribution in [0.1, 0.15) is 104 Å². The van der Waals surface area contributed by atoms with Gasteiger partial charge in [0.15, 0.2) is 5.78 Å². The number of carboxylic acids is 1. The first-order valence-electron chi connectivity index (χ1n) is 18.0. The van der Waals surface area contributed by atoms with E-state index in [1.165, 1.54) is 41.5 Å². The number of halogens is 2. The normalized spacial score (nSPS) is 13.9. The Morgan fingerprint density at radius 3 is 1.96 bits per heavy atom. The van der Waals surface area contributed by atoms with Crippen molar-refractivity contribution < 1.29 is 23.5 Å². The number of aromatic amines is 1. The van der Waals surface area contributed by atoms with Crippen LogP contribution in [-0.4, -0.2) is 36.4 Å². The van der Waals surface area contributed by atoms with E-state index in [0.717, 1.165) is 57.7 Å². The second kappa shape index (κ2) is 14.2. The number of nitrogens with one attached hydrogen (secondary N) is 1. The molecule has 9 rings (SSSR count). The van der Waals surface area contributed by atoms with E-state index in [-0.39, 0.29) is 11.3 Å². The van der Waals surface area contributed by atoms with E-state index in [0.29, 0.717) is 42.5 Å². The summed E-state index contributed by atoms with van der Waals surface area (Å²) < 4.78 is 28.9. The molecule has 0 atom stereocenters. The first kappa shape index (κ1) is 34.1. The molecule has 0 bridgehead atoms. The molecular weight excluding hydrogens is 671 g/mol. The number of ketones is 1. The molecule has 266 valence electrons. The molecule has 4 aromatic heterocycles. The van der Waals surface area contributed by atoms with Gasteiger partial charge in [-0.05, 0) is 144 Å². The molecule has 2 aliphatic rings. The molecule has 53 heavy (non-hydrogen) atoms. The van der Waals surface area contributed by atoms with Crippen LogP contribution in [0, 0.1) is 11.6 Å². The first-order chi connectivity index (χ1) is 25.7. The number of carboxylic acid groups (broad SMARTS) is 1. The van der Waals surface area contributed by atoms with Gasteiger partial charge in [-0.3, -0.25) is 14.8 Å². The lowest BCUT2D eigenvalue weighted by Gasteiger charge is -2.09. The summed E-state index contributed by atoms with van der Waals surface area (Å²) in [5.74, 6) is -0.975. The van der Waals surface area contributed by atoms with Gasteiger partial charge in [-0.25, -0.2) is 13.6 Å². The van der Waals surface area contributed by atoms with E-state index in [1.807, 2.05) is 47.4 Å². The summed E-state index contributed by atoms with van der Waals surface area (Å²) in [6.07, 6.45) is 13.3. The van der Waals surface area contributed by atoms with Crippen LogP contribution < -0.4 is 0 Å². The number of pyridine rings is 2. The maximum Gasteiger partial charge on any atom is 0.337 e. The Labute approximate surface area is 305 Å². The topological polar surface area (TPSA) is 101 Å². The lowest BCUT2D eigenvalue weighted by Crippen LogP contribution is -2.07. The molecule has 0 aliphatic heterocycles. The summed E-state index contributed by atoms with van der Waals surface area (Å²) in [6, 6.07) is 23.5. The molecule has 7 aromatic rings. The fraction of sp³-hybridized carbons (Fsp3) is 0.227. The Balaban J connectivity index is 0.000000160. The summed E-state index contributed by atoms with van der Waals surface area (Å²) in [7, 11) is 0. The number of fused-ring (bicyclic) bond motifs is 2. The number of carbonyl (C=O) groups is 2. The highest BCUT2D eigenvalue weighted by atomic mass is 19.1. The van der Waals surface area contributed by atoms with Gasteiger partial charge in [-0.2, -0.15) is 0 Å². The summed E-state index contributed by atoms with van der Waals surface area (Å²) in [5, 5.41) is 11.8. The Bertz CT molecular complexity index is 2490. The molecule has 7 nitrogen and oxygen atoms in total. The molecule has 2 aliphatic carbocycles. The van der Waals surface area contributed by atoms with Gasteiger partial charge in [0.2, 0.25) is 0 Å². The smallest absolute Gasteiger partial charge is 0.337 e. The quantitative estimate of drug-likeness (QED) is 0.138. The Morgan fingerprint density at radius 2 is 1.34 bits per heavy atom. The summed E-state index contributed by atoms with van der Waals surface area (Å²) in [6.45, 7) is 1.98. The molecule has 9 heteroatoms. The zero-order chi connectivity index (χ0) is 36.6. The number of benzene rings is 3. The van der Waals surface area contributed by atoms with Crippen LogP contribution in [0.3, 0.4) is 0 Å². The zero-order valence-electron chi connectivity index (χ0n) is 29.3. The lowest BCUT2D eigenvalue weighted by atomic mass is 9.99. The molecular formula is C44H38F2N4O3. The highest BCUT2D eigenvalue weighted by molar-refractivity contribution is 5.95. The SMILES string of the molecule is CC(=O)c1cc(C2CC2)cnc1Cc1ccc2[nH]ccc2c1.O=C(O)c1cc(C2CC2)cnc1Cc1ccc2c(ccn2Cc2cc(F)cc(F)c2)c1. The number of aromatic carboxylic acids is 1. The molecule has 0 spiro atoms. The van der Waals surface area contributed by atoms with Gasteiger partial charge in [0, 0.05) is 66.8 Å².